The third-order valence-electron chi connectivity index (χ3n) is 1.91. The normalized spacial score (nSPS) is 8.47. The van der Waals surface area contributed by atoms with Crippen LogP contribution in [0.4, 0.5) is 0 Å². The van der Waals surface area contributed by atoms with Gasteiger partial charge in [0.1, 0.15) is 17.7 Å². The van der Waals surface area contributed by atoms with E-state index >= 15 is 0 Å². The first-order valence-corrected chi connectivity index (χ1v) is 4.55. The fourth-order valence-corrected chi connectivity index (χ4v) is 1.07. The first-order chi connectivity index (χ1) is 7.26. The van der Waals surface area contributed by atoms with Crippen LogP contribution >= 0.6 is 0 Å². The van der Waals surface area contributed by atoms with Crippen molar-refractivity contribution in [3.63, 3.8) is 0 Å². The number of hydrogen-bond donors (Lipinski definition) is 1. The summed E-state index contributed by atoms with van der Waals surface area (Å²) in [5.41, 5.74) is 2.42. The summed E-state index contributed by atoms with van der Waals surface area (Å²) in [6, 6.07) is 11.6. The van der Waals surface area contributed by atoms with Gasteiger partial charge in [-0.2, -0.15) is 10.5 Å². The fraction of sp³-hybridized carbons (Fsp3) is 0.167. The molecular formula is C12H11N3. The predicted molar refractivity (Wildman–Crippen MR) is 57.3 cm³/mol. The van der Waals surface area contributed by atoms with Crippen molar-refractivity contribution in [2.75, 3.05) is 0 Å². The molecule has 0 heterocycles. The second kappa shape index (κ2) is 5.47. The van der Waals surface area contributed by atoms with Crippen LogP contribution in [0.5, 0.6) is 0 Å². The number of nitriles is 2. The topological polar surface area (TPSA) is 59.6 Å². The standard InChI is InChI=1S/C12H11N3/c1-10-2-4-11(5-3-10)8-15-9-12(6-13)7-14/h2-5,9,15H,8H2,1H3. The number of hydrogen-bond acceptors (Lipinski definition) is 3. The van der Waals surface area contributed by atoms with Crippen LogP contribution in [0, 0.1) is 29.6 Å². The zero-order valence-electron chi connectivity index (χ0n) is 8.49. The molecule has 0 aliphatic carbocycles. The predicted octanol–water partition coefficient (Wildman–Crippen LogP) is 2.02. The minimum absolute atomic E-state index is 0.0853. The first kappa shape index (κ1) is 10.8. The molecule has 1 aromatic rings. The molecule has 3 heteroatoms. The van der Waals surface area contributed by atoms with Crippen LogP contribution in [0.25, 0.3) is 0 Å². The molecule has 1 N–H and O–H groups in total. The molecule has 0 aliphatic rings. The second-order valence-electron chi connectivity index (χ2n) is 3.15. The van der Waals surface area contributed by atoms with Gasteiger partial charge in [-0.25, -0.2) is 0 Å². The van der Waals surface area contributed by atoms with Crippen LogP contribution in [-0.4, -0.2) is 0 Å². The van der Waals surface area contributed by atoms with Gasteiger partial charge in [0.05, 0.1) is 0 Å². The maximum absolute atomic E-state index is 8.48. The highest BCUT2D eigenvalue weighted by molar-refractivity contribution is 5.34. The largest absolute Gasteiger partial charge is 0.385 e. The molecule has 0 aromatic heterocycles. The zero-order valence-corrected chi connectivity index (χ0v) is 8.49. The molecule has 1 rings (SSSR count). The van der Waals surface area contributed by atoms with E-state index in [0.717, 1.165) is 5.56 Å². The molecular weight excluding hydrogens is 186 g/mol. The molecule has 0 aliphatic heterocycles. The smallest absolute Gasteiger partial charge is 0.145 e. The summed E-state index contributed by atoms with van der Waals surface area (Å²) in [5.74, 6) is 0. The van der Waals surface area contributed by atoms with Gasteiger partial charge in [-0.05, 0) is 12.5 Å². The van der Waals surface area contributed by atoms with E-state index in [4.69, 9.17) is 10.5 Å². The van der Waals surface area contributed by atoms with Gasteiger partial charge in [-0.15, -0.1) is 0 Å². The number of rotatable bonds is 3. The lowest BCUT2D eigenvalue weighted by molar-refractivity contribution is 0.866. The third-order valence-corrected chi connectivity index (χ3v) is 1.91. The van der Waals surface area contributed by atoms with E-state index < -0.39 is 0 Å². The van der Waals surface area contributed by atoms with Gasteiger partial charge in [-0.3, -0.25) is 0 Å². The SMILES string of the molecule is Cc1ccc(CNC=C(C#N)C#N)cc1. The summed E-state index contributed by atoms with van der Waals surface area (Å²) in [5, 5.41) is 19.9. The highest BCUT2D eigenvalue weighted by Gasteiger charge is 1.92. The van der Waals surface area contributed by atoms with Crippen molar-refractivity contribution >= 4 is 0 Å². The molecule has 1 aromatic carbocycles. The molecule has 3 nitrogen and oxygen atoms in total. The van der Waals surface area contributed by atoms with Gasteiger partial charge < -0.3 is 5.32 Å². The fourth-order valence-electron chi connectivity index (χ4n) is 1.07. The maximum atomic E-state index is 8.48. The quantitative estimate of drug-likeness (QED) is 0.754. The highest BCUT2D eigenvalue weighted by atomic mass is 14.8. The van der Waals surface area contributed by atoms with Crippen LogP contribution in [0.3, 0.4) is 0 Å². The van der Waals surface area contributed by atoms with Crippen LogP contribution in [-0.2, 0) is 6.54 Å². The summed E-state index contributed by atoms with van der Waals surface area (Å²) in [6.07, 6.45) is 1.43. The van der Waals surface area contributed by atoms with Crippen molar-refractivity contribution < 1.29 is 0 Å². The molecule has 0 spiro atoms. The Balaban J connectivity index is 2.53. The second-order valence-corrected chi connectivity index (χ2v) is 3.15. The van der Waals surface area contributed by atoms with Gasteiger partial charge in [0.25, 0.3) is 0 Å². The number of nitrogens with zero attached hydrogens (tertiary/aromatic N) is 2. The molecule has 15 heavy (non-hydrogen) atoms. The van der Waals surface area contributed by atoms with Crippen LogP contribution in [0.2, 0.25) is 0 Å². The third kappa shape index (κ3) is 3.54. The Labute approximate surface area is 89.3 Å². The molecule has 0 radical (unpaired) electrons. The highest BCUT2D eigenvalue weighted by Crippen LogP contribution is 2.02. The first-order valence-electron chi connectivity index (χ1n) is 4.55. The van der Waals surface area contributed by atoms with E-state index in [0.29, 0.717) is 6.54 Å². The van der Waals surface area contributed by atoms with E-state index in [2.05, 4.69) is 5.32 Å². The Morgan fingerprint density at radius 3 is 2.40 bits per heavy atom. The Hall–Kier alpha value is -2.26. The Bertz CT molecular complexity index is 413. The van der Waals surface area contributed by atoms with E-state index in [1.807, 2.05) is 31.2 Å². The minimum Gasteiger partial charge on any atom is -0.385 e. The summed E-state index contributed by atoms with van der Waals surface area (Å²) in [4.78, 5) is 0. The Morgan fingerprint density at radius 2 is 1.87 bits per heavy atom. The van der Waals surface area contributed by atoms with Crippen molar-refractivity contribution in [2.45, 2.75) is 13.5 Å². The van der Waals surface area contributed by atoms with Gasteiger partial charge in [0.2, 0.25) is 0 Å². The Kier molecular flexibility index (Phi) is 3.94. The maximum Gasteiger partial charge on any atom is 0.145 e. The van der Waals surface area contributed by atoms with Crippen molar-refractivity contribution in [2.24, 2.45) is 0 Å². The molecule has 74 valence electrons. The van der Waals surface area contributed by atoms with Gasteiger partial charge in [0.15, 0.2) is 0 Å². The molecule has 0 atom stereocenters. The number of benzene rings is 1. The van der Waals surface area contributed by atoms with E-state index in [9.17, 15) is 0 Å². The summed E-state index contributed by atoms with van der Waals surface area (Å²) >= 11 is 0. The summed E-state index contributed by atoms with van der Waals surface area (Å²) < 4.78 is 0. The van der Waals surface area contributed by atoms with Crippen molar-refractivity contribution in [1.29, 1.82) is 10.5 Å². The molecule has 0 amide bonds. The Morgan fingerprint density at radius 1 is 1.27 bits per heavy atom. The van der Waals surface area contributed by atoms with Gasteiger partial charge in [0, 0.05) is 12.7 Å². The lowest BCUT2D eigenvalue weighted by Crippen LogP contribution is -2.05. The monoisotopic (exact) mass is 197 g/mol. The van der Waals surface area contributed by atoms with Crippen molar-refractivity contribution in [1.82, 2.24) is 5.32 Å². The van der Waals surface area contributed by atoms with E-state index in [1.54, 1.807) is 12.1 Å². The number of nitrogens with one attached hydrogen (secondary N) is 1. The average molecular weight is 197 g/mol. The lowest BCUT2D eigenvalue weighted by Gasteiger charge is -2.01. The zero-order chi connectivity index (χ0) is 11.1. The van der Waals surface area contributed by atoms with Crippen molar-refractivity contribution in [3.05, 3.63) is 47.2 Å². The van der Waals surface area contributed by atoms with Crippen LogP contribution in [0.15, 0.2) is 36.0 Å². The number of aryl methyl sites for hydroxylation is 1. The van der Waals surface area contributed by atoms with Crippen LogP contribution < -0.4 is 5.32 Å². The summed E-state index contributed by atoms with van der Waals surface area (Å²) in [7, 11) is 0. The van der Waals surface area contributed by atoms with E-state index in [-0.39, 0.29) is 5.57 Å². The molecule has 0 saturated carbocycles. The molecule has 0 unspecified atom stereocenters. The van der Waals surface area contributed by atoms with Crippen LogP contribution in [0.1, 0.15) is 11.1 Å². The summed E-state index contributed by atoms with van der Waals surface area (Å²) in [6.45, 7) is 2.65. The molecule has 0 fully saturated rings. The van der Waals surface area contributed by atoms with Gasteiger partial charge in [-0.1, -0.05) is 29.8 Å². The lowest BCUT2D eigenvalue weighted by atomic mass is 10.1. The van der Waals surface area contributed by atoms with Gasteiger partial charge >= 0.3 is 0 Å². The molecule has 0 saturated heterocycles. The van der Waals surface area contributed by atoms with Crippen molar-refractivity contribution in [3.8, 4) is 12.1 Å². The minimum atomic E-state index is 0.0853. The average Bonchev–Trinajstić information content (AvgIpc) is 2.27. The van der Waals surface area contributed by atoms with E-state index in [1.165, 1.54) is 11.8 Å². The number of allylic oxidation sites excluding steroid dienone is 1. The molecule has 0 bridgehead atoms.